The van der Waals surface area contributed by atoms with Gasteiger partial charge in [0.25, 0.3) is 0 Å². The van der Waals surface area contributed by atoms with Crippen LogP contribution in [-0.4, -0.2) is 78.5 Å². The number of aromatic nitrogens is 1. The fourth-order valence-electron chi connectivity index (χ4n) is 6.25. The molecule has 0 aromatic carbocycles. The van der Waals surface area contributed by atoms with Gasteiger partial charge in [-0.25, -0.2) is 0 Å². The molecule has 186 valence electrons. The van der Waals surface area contributed by atoms with Crippen LogP contribution in [-0.2, 0) is 11.3 Å². The van der Waals surface area contributed by atoms with E-state index < -0.39 is 0 Å². The normalized spacial score (nSPS) is 24.5. The fraction of sp³-hybridized carbons (Fsp3) is 0.571. The lowest BCUT2D eigenvalue weighted by molar-refractivity contribution is -0.128. The number of likely N-dealkylation sites (tertiary alicyclic amines) is 1. The summed E-state index contributed by atoms with van der Waals surface area (Å²) in [6, 6.07) is 4.08. The van der Waals surface area contributed by atoms with Crippen molar-refractivity contribution in [2.45, 2.75) is 38.6 Å². The molecule has 1 spiro atoms. The monoisotopic (exact) mass is 475 g/mol. The summed E-state index contributed by atoms with van der Waals surface area (Å²) >= 11 is 0. The second kappa shape index (κ2) is 9.43. The molecular formula is C28H37N5O2. The number of likely N-dealkylation sites (N-methyl/N-ethyl adjacent to an activating group) is 1. The standard InChI is InChI=1S/C28H37N5O2/c1-31-12-14-32(15-13-31)24-4-2-21(3-5-24)27(34)33-10-7-28(8-11-33)17-23(28)18-30-19-25-16-22-6-9-29-20-26(22)35-25/h2,4,6,9,16,20,23,30H,3,5,7-8,10-15,17-19H2,1H3. The first kappa shape index (κ1) is 22.8. The predicted molar refractivity (Wildman–Crippen MR) is 137 cm³/mol. The molecule has 0 bridgehead atoms. The van der Waals surface area contributed by atoms with E-state index in [1.807, 2.05) is 6.07 Å². The zero-order valence-electron chi connectivity index (χ0n) is 20.8. The highest BCUT2D eigenvalue weighted by Gasteiger charge is 2.54. The van der Waals surface area contributed by atoms with Crippen LogP contribution in [0.5, 0.6) is 0 Å². The van der Waals surface area contributed by atoms with Crippen molar-refractivity contribution in [3.8, 4) is 0 Å². The van der Waals surface area contributed by atoms with Crippen LogP contribution in [0.2, 0.25) is 0 Å². The highest BCUT2D eigenvalue weighted by molar-refractivity contribution is 5.94. The molecule has 4 aliphatic rings. The lowest BCUT2D eigenvalue weighted by Gasteiger charge is -2.37. The summed E-state index contributed by atoms with van der Waals surface area (Å²) in [6.45, 7) is 8.01. The van der Waals surface area contributed by atoms with Crippen LogP contribution >= 0.6 is 0 Å². The van der Waals surface area contributed by atoms with Crippen molar-refractivity contribution in [2.24, 2.45) is 11.3 Å². The van der Waals surface area contributed by atoms with Crippen LogP contribution in [0, 0.1) is 11.3 Å². The Kier molecular flexibility index (Phi) is 6.14. The van der Waals surface area contributed by atoms with E-state index in [0.717, 1.165) is 100 Å². The van der Waals surface area contributed by atoms with Gasteiger partial charge in [0.05, 0.1) is 12.7 Å². The minimum atomic E-state index is 0.267. The molecule has 7 nitrogen and oxygen atoms in total. The Morgan fingerprint density at radius 1 is 1.14 bits per heavy atom. The van der Waals surface area contributed by atoms with Crippen LogP contribution in [0.4, 0.5) is 0 Å². The summed E-state index contributed by atoms with van der Waals surface area (Å²) in [4.78, 5) is 24.3. The summed E-state index contributed by atoms with van der Waals surface area (Å²) in [7, 11) is 2.19. The number of pyridine rings is 1. The lowest BCUT2D eigenvalue weighted by Crippen LogP contribution is -2.44. The molecule has 2 aliphatic carbocycles. The number of nitrogens with zero attached hydrogens (tertiary/aromatic N) is 4. The number of furan rings is 1. The van der Waals surface area contributed by atoms with Gasteiger partial charge < -0.3 is 24.4 Å². The molecule has 2 aromatic heterocycles. The van der Waals surface area contributed by atoms with Crippen molar-refractivity contribution in [3.05, 3.63) is 53.7 Å². The molecule has 1 atom stereocenters. The van der Waals surface area contributed by atoms with Crippen molar-refractivity contribution in [1.82, 2.24) is 25.0 Å². The van der Waals surface area contributed by atoms with Gasteiger partial charge in [-0.15, -0.1) is 0 Å². The lowest BCUT2D eigenvalue weighted by atomic mass is 9.90. The quantitative estimate of drug-likeness (QED) is 0.691. The van der Waals surface area contributed by atoms with Crippen molar-refractivity contribution >= 4 is 16.9 Å². The van der Waals surface area contributed by atoms with E-state index in [4.69, 9.17) is 4.42 Å². The Hall–Kier alpha value is -2.64. The minimum absolute atomic E-state index is 0.267. The third-order valence-corrected chi connectivity index (χ3v) is 8.78. The number of piperazine rings is 1. The number of piperidine rings is 1. The number of rotatable bonds is 6. The molecule has 6 rings (SSSR count). The van der Waals surface area contributed by atoms with Gasteiger partial charge in [0.15, 0.2) is 5.58 Å². The average molecular weight is 476 g/mol. The third-order valence-electron chi connectivity index (χ3n) is 8.78. The Labute approximate surface area is 207 Å². The molecule has 35 heavy (non-hydrogen) atoms. The maximum atomic E-state index is 13.2. The number of amides is 1. The summed E-state index contributed by atoms with van der Waals surface area (Å²) in [5, 5.41) is 4.71. The van der Waals surface area contributed by atoms with Gasteiger partial charge >= 0.3 is 0 Å². The van der Waals surface area contributed by atoms with Gasteiger partial charge in [-0.05, 0) is 75.2 Å². The molecule has 2 aliphatic heterocycles. The molecule has 2 saturated heterocycles. The van der Waals surface area contributed by atoms with Crippen molar-refractivity contribution in [2.75, 3.05) is 52.9 Å². The van der Waals surface area contributed by atoms with Gasteiger partial charge in [-0.3, -0.25) is 9.78 Å². The highest BCUT2D eigenvalue weighted by atomic mass is 16.3. The molecule has 3 fully saturated rings. The van der Waals surface area contributed by atoms with E-state index in [0.29, 0.717) is 11.3 Å². The second-order valence-electron chi connectivity index (χ2n) is 11.0. The number of nitrogens with one attached hydrogen (secondary N) is 1. The molecule has 4 heterocycles. The zero-order valence-corrected chi connectivity index (χ0v) is 20.8. The molecule has 1 amide bonds. The third kappa shape index (κ3) is 4.76. The number of carbonyl (C=O) groups is 1. The van der Waals surface area contributed by atoms with Crippen molar-refractivity contribution in [1.29, 1.82) is 0 Å². The van der Waals surface area contributed by atoms with Crippen molar-refractivity contribution in [3.63, 3.8) is 0 Å². The predicted octanol–water partition coefficient (Wildman–Crippen LogP) is 3.40. The van der Waals surface area contributed by atoms with Crippen LogP contribution in [0.1, 0.15) is 37.9 Å². The van der Waals surface area contributed by atoms with Gasteiger partial charge in [-0.2, -0.15) is 0 Å². The maximum absolute atomic E-state index is 13.2. The van der Waals surface area contributed by atoms with Gasteiger partial charge in [0.2, 0.25) is 5.91 Å². The molecule has 0 radical (unpaired) electrons. The van der Waals surface area contributed by atoms with Gasteiger partial charge in [0.1, 0.15) is 5.76 Å². The first-order valence-corrected chi connectivity index (χ1v) is 13.3. The Morgan fingerprint density at radius 3 is 2.71 bits per heavy atom. The zero-order chi connectivity index (χ0) is 23.8. The van der Waals surface area contributed by atoms with E-state index in [1.54, 1.807) is 12.4 Å². The van der Waals surface area contributed by atoms with Crippen molar-refractivity contribution < 1.29 is 9.21 Å². The Morgan fingerprint density at radius 2 is 1.97 bits per heavy atom. The average Bonchev–Trinajstić information content (AvgIpc) is 3.37. The molecule has 7 heteroatoms. The molecule has 1 saturated carbocycles. The number of fused-ring (bicyclic) bond motifs is 1. The Bertz CT molecular complexity index is 1100. The van der Waals surface area contributed by atoms with E-state index >= 15 is 0 Å². The molecule has 2 aromatic rings. The number of carbonyl (C=O) groups excluding carboxylic acids is 1. The summed E-state index contributed by atoms with van der Waals surface area (Å²) in [5.41, 5.74) is 3.69. The summed E-state index contributed by atoms with van der Waals surface area (Å²) in [5.74, 6) is 1.95. The number of allylic oxidation sites excluding steroid dienone is 3. The molecule has 1 N–H and O–H groups in total. The highest BCUT2D eigenvalue weighted by Crippen LogP contribution is 2.59. The van der Waals surface area contributed by atoms with Gasteiger partial charge in [-0.1, -0.05) is 6.08 Å². The minimum Gasteiger partial charge on any atom is -0.458 e. The van der Waals surface area contributed by atoms with E-state index in [9.17, 15) is 4.79 Å². The van der Waals surface area contributed by atoms with Gasteiger partial charge in [0, 0.05) is 62.1 Å². The van der Waals surface area contributed by atoms with Crippen LogP contribution in [0.15, 0.2) is 52.4 Å². The maximum Gasteiger partial charge on any atom is 0.249 e. The first-order chi connectivity index (χ1) is 17.1. The topological polar surface area (TPSA) is 64.8 Å². The fourth-order valence-corrected chi connectivity index (χ4v) is 6.25. The van der Waals surface area contributed by atoms with E-state index in [-0.39, 0.29) is 5.91 Å². The smallest absolute Gasteiger partial charge is 0.249 e. The van der Waals surface area contributed by atoms with Crippen LogP contribution in [0.25, 0.3) is 11.0 Å². The van der Waals surface area contributed by atoms with E-state index in [1.165, 1.54) is 12.1 Å². The number of hydrogen-bond acceptors (Lipinski definition) is 6. The second-order valence-corrected chi connectivity index (χ2v) is 11.0. The SMILES string of the molecule is CN1CCN(C2=CC=C(C(=O)N3CCC4(CC3)CC4CNCc3cc4ccncc4o3)CC2)CC1. The molecule has 1 unspecified atom stereocenters. The largest absolute Gasteiger partial charge is 0.458 e. The van der Waals surface area contributed by atoms with Crippen LogP contribution in [0.3, 0.4) is 0 Å². The summed E-state index contributed by atoms with van der Waals surface area (Å²) in [6.07, 6.45) is 13.3. The number of hydrogen-bond donors (Lipinski definition) is 1. The van der Waals surface area contributed by atoms with Crippen LogP contribution < -0.4 is 5.32 Å². The first-order valence-electron chi connectivity index (χ1n) is 13.3. The Balaban J connectivity index is 0.958. The molecular weight excluding hydrogens is 438 g/mol. The van der Waals surface area contributed by atoms with E-state index in [2.05, 4.69) is 50.3 Å². The summed E-state index contributed by atoms with van der Waals surface area (Å²) < 4.78 is 5.87.